The molecule has 0 aromatic heterocycles. The fourth-order valence-corrected chi connectivity index (χ4v) is 2.52. The number of benzene rings is 1. The highest BCUT2D eigenvalue weighted by Gasteiger charge is 2.34. The molecule has 0 saturated carbocycles. The number of ether oxygens (including phenoxy) is 2. The summed E-state index contributed by atoms with van der Waals surface area (Å²) in [4.78, 5) is 24.1. The van der Waals surface area contributed by atoms with E-state index in [0.29, 0.717) is 0 Å². The Kier molecular flexibility index (Phi) is 7.58. The van der Waals surface area contributed by atoms with Crippen molar-refractivity contribution in [1.29, 1.82) is 0 Å². The Morgan fingerprint density at radius 1 is 1.15 bits per heavy atom. The second-order valence-electron chi connectivity index (χ2n) is 6.75. The van der Waals surface area contributed by atoms with Crippen LogP contribution in [0.4, 0.5) is 4.79 Å². The minimum Gasteiger partial charge on any atom is -0.458 e. The third-order valence-electron chi connectivity index (χ3n) is 2.93. The molecule has 0 fully saturated rings. The van der Waals surface area contributed by atoms with Crippen molar-refractivity contribution in [2.24, 2.45) is 0 Å². The van der Waals surface area contributed by atoms with Gasteiger partial charge in [-0.1, -0.05) is 30.3 Å². The van der Waals surface area contributed by atoms with Crippen molar-refractivity contribution in [3.8, 4) is 0 Å². The molecule has 0 aliphatic heterocycles. The molecule has 2 atom stereocenters. The summed E-state index contributed by atoms with van der Waals surface area (Å²) in [5.41, 5.74) is -0.0598. The quantitative estimate of drug-likeness (QED) is 0.563. The number of nitrogens with one attached hydrogen (secondary N) is 1. The van der Waals surface area contributed by atoms with Gasteiger partial charge in [-0.15, -0.1) is 0 Å². The van der Waals surface area contributed by atoms with Gasteiger partial charge in [0.05, 0.1) is 12.3 Å². The van der Waals surface area contributed by atoms with Crippen LogP contribution in [0.25, 0.3) is 0 Å². The van der Waals surface area contributed by atoms with E-state index < -0.39 is 39.9 Å². The zero-order valence-electron chi connectivity index (χ0n) is 15.5. The number of rotatable bonds is 7. The molecule has 1 rings (SSSR count). The van der Waals surface area contributed by atoms with E-state index in [1.807, 2.05) is 6.07 Å². The van der Waals surface area contributed by atoms with Gasteiger partial charge in [-0.2, -0.15) is 8.42 Å². The summed E-state index contributed by atoms with van der Waals surface area (Å²) in [5.74, 6) is -0.904. The Morgan fingerprint density at radius 3 is 2.23 bits per heavy atom. The molecule has 0 aliphatic rings. The lowest BCUT2D eigenvalue weighted by atomic mass is 10.1. The minimum absolute atomic E-state index is 0.0312. The summed E-state index contributed by atoms with van der Waals surface area (Å²) in [5, 5.41) is 2.39. The van der Waals surface area contributed by atoms with Crippen LogP contribution in [0.5, 0.6) is 0 Å². The molecule has 0 unspecified atom stereocenters. The summed E-state index contributed by atoms with van der Waals surface area (Å²) in [6, 6.07) is 8.01. The summed E-state index contributed by atoms with van der Waals surface area (Å²) in [7, 11) is -3.95. The standard InChI is InChI=1S/C17H25NO7S/c1-12(18-16(20)23-11-13-9-7-6-8-10-13)14(25-26(5,21)22)15(19)24-17(2,3)4/h6-10,12,14H,11H2,1-5H3,(H,18,20)/t12-,14+/m1/s1. The molecule has 1 N–H and O–H groups in total. The van der Waals surface area contributed by atoms with E-state index in [2.05, 4.69) is 5.32 Å². The van der Waals surface area contributed by atoms with Crippen LogP contribution in [0, 0.1) is 0 Å². The zero-order chi connectivity index (χ0) is 20.0. The molecule has 1 aromatic rings. The third-order valence-corrected chi connectivity index (χ3v) is 3.49. The molecule has 0 bridgehead atoms. The van der Waals surface area contributed by atoms with E-state index >= 15 is 0 Å². The van der Waals surface area contributed by atoms with Crippen LogP contribution in [0.15, 0.2) is 30.3 Å². The van der Waals surface area contributed by atoms with Crippen LogP contribution < -0.4 is 5.32 Å². The van der Waals surface area contributed by atoms with Crippen LogP contribution in [-0.4, -0.2) is 44.5 Å². The Hall–Kier alpha value is -2.13. The van der Waals surface area contributed by atoms with E-state index in [1.54, 1.807) is 45.0 Å². The van der Waals surface area contributed by atoms with Crippen molar-refractivity contribution in [2.45, 2.75) is 52.0 Å². The number of amides is 1. The van der Waals surface area contributed by atoms with Gasteiger partial charge in [0.25, 0.3) is 10.1 Å². The van der Waals surface area contributed by atoms with Crippen molar-refractivity contribution in [1.82, 2.24) is 5.32 Å². The zero-order valence-corrected chi connectivity index (χ0v) is 16.3. The van der Waals surface area contributed by atoms with Gasteiger partial charge in [-0.3, -0.25) is 4.18 Å². The lowest BCUT2D eigenvalue weighted by Crippen LogP contribution is -2.49. The normalized spacial score (nSPS) is 14.2. The molecule has 0 aliphatic carbocycles. The average molecular weight is 387 g/mol. The lowest BCUT2D eigenvalue weighted by Gasteiger charge is -2.26. The first-order chi connectivity index (χ1) is 11.9. The molecule has 1 amide bonds. The second-order valence-corrected chi connectivity index (χ2v) is 8.35. The molecule has 9 heteroatoms. The van der Waals surface area contributed by atoms with Crippen LogP contribution in [0.3, 0.4) is 0 Å². The first kappa shape index (κ1) is 21.9. The Labute approximate surface area is 153 Å². The van der Waals surface area contributed by atoms with Crippen molar-refractivity contribution in [2.75, 3.05) is 6.26 Å². The van der Waals surface area contributed by atoms with Gasteiger partial charge in [0, 0.05) is 0 Å². The van der Waals surface area contributed by atoms with Crippen molar-refractivity contribution < 1.29 is 31.7 Å². The number of carbonyl (C=O) groups excluding carboxylic acids is 2. The molecular weight excluding hydrogens is 362 g/mol. The van der Waals surface area contributed by atoms with Gasteiger partial charge >= 0.3 is 12.1 Å². The predicted molar refractivity (Wildman–Crippen MR) is 94.8 cm³/mol. The summed E-state index contributed by atoms with van der Waals surface area (Å²) in [6.45, 7) is 6.35. The van der Waals surface area contributed by atoms with Crippen molar-refractivity contribution in [3.05, 3.63) is 35.9 Å². The van der Waals surface area contributed by atoms with Gasteiger partial charge in [-0.25, -0.2) is 9.59 Å². The molecule has 0 saturated heterocycles. The second kappa shape index (κ2) is 9.00. The monoisotopic (exact) mass is 387 g/mol. The van der Waals surface area contributed by atoms with E-state index in [1.165, 1.54) is 6.92 Å². The summed E-state index contributed by atoms with van der Waals surface area (Å²) in [6.07, 6.45) is -1.54. The maximum atomic E-state index is 12.2. The van der Waals surface area contributed by atoms with Crippen molar-refractivity contribution >= 4 is 22.2 Å². The topological polar surface area (TPSA) is 108 Å². The number of hydrogen-bond acceptors (Lipinski definition) is 7. The molecule has 146 valence electrons. The minimum atomic E-state index is -3.95. The van der Waals surface area contributed by atoms with Crippen molar-refractivity contribution in [3.63, 3.8) is 0 Å². The fraction of sp³-hybridized carbons (Fsp3) is 0.529. The van der Waals surface area contributed by atoms with Gasteiger partial charge in [0.1, 0.15) is 12.2 Å². The number of alkyl carbamates (subject to hydrolysis) is 1. The van der Waals surface area contributed by atoms with Gasteiger partial charge in [0.2, 0.25) is 0 Å². The largest absolute Gasteiger partial charge is 0.458 e. The Morgan fingerprint density at radius 2 is 1.73 bits per heavy atom. The molecule has 0 spiro atoms. The molecule has 0 radical (unpaired) electrons. The van der Waals surface area contributed by atoms with E-state index in [0.717, 1.165) is 11.8 Å². The van der Waals surface area contributed by atoms with Crippen LogP contribution in [-0.2, 0) is 35.2 Å². The highest BCUT2D eigenvalue weighted by Crippen LogP contribution is 2.14. The van der Waals surface area contributed by atoms with E-state index in [4.69, 9.17) is 13.7 Å². The molecule has 0 heterocycles. The molecule has 8 nitrogen and oxygen atoms in total. The van der Waals surface area contributed by atoms with Gasteiger partial charge in [0.15, 0.2) is 6.10 Å². The SMILES string of the molecule is C[C@@H](NC(=O)OCc1ccccc1)[C@H](OS(C)(=O)=O)C(=O)OC(C)(C)C. The highest BCUT2D eigenvalue weighted by molar-refractivity contribution is 7.86. The summed E-state index contributed by atoms with van der Waals surface area (Å²) >= 11 is 0. The maximum absolute atomic E-state index is 12.2. The van der Waals surface area contributed by atoms with E-state index in [-0.39, 0.29) is 6.61 Å². The lowest BCUT2D eigenvalue weighted by molar-refractivity contribution is -0.164. The third kappa shape index (κ3) is 8.82. The number of hydrogen-bond donors (Lipinski definition) is 1. The number of carbonyl (C=O) groups is 2. The van der Waals surface area contributed by atoms with Crippen LogP contribution in [0.1, 0.15) is 33.3 Å². The molecule has 26 heavy (non-hydrogen) atoms. The number of esters is 1. The van der Waals surface area contributed by atoms with Gasteiger partial charge in [-0.05, 0) is 33.3 Å². The fourth-order valence-electron chi connectivity index (χ4n) is 1.90. The Balaban J connectivity index is 2.73. The van der Waals surface area contributed by atoms with E-state index in [9.17, 15) is 18.0 Å². The van der Waals surface area contributed by atoms with Crippen LogP contribution in [0.2, 0.25) is 0 Å². The average Bonchev–Trinajstić information content (AvgIpc) is 2.49. The summed E-state index contributed by atoms with van der Waals surface area (Å²) < 4.78 is 37.9. The predicted octanol–water partition coefficient (Wildman–Crippen LogP) is 1.99. The smallest absolute Gasteiger partial charge is 0.407 e. The maximum Gasteiger partial charge on any atom is 0.407 e. The van der Waals surface area contributed by atoms with Crippen LogP contribution >= 0.6 is 0 Å². The molecular formula is C17H25NO7S. The Bertz CT molecular complexity index is 710. The first-order valence-corrected chi connectivity index (χ1v) is 9.77. The first-order valence-electron chi connectivity index (χ1n) is 7.96. The van der Waals surface area contributed by atoms with Gasteiger partial charge < -0.3 is 14.8 Å². The molecule has 1 aromatic carbocycles. The highest BCUT2D eigenvalue weighted by atomic mass is 32.2.